The molecular weight excluding hydrogens is 310 g/mol. The molecule has 1 amide bonds. The summed E-state index contributed by atoms with van der Waals surface area (Å²) in [4.78, 5) is 19.8. The lowest BCUT2D eigenvalue weighted by Gasteiger charge is -2.38. The molecule has 0 aliphatic heterocycles. The molecule has 4 nitrogen and oxygen atoms in total. The van der Waals surface area contributed by atoms with Crippen LogP contribution in [0, 0.1) is 11.3 Å². The van der Waals surface area contributed by atoms with Crippen molar-refractivity contribution >= 4 is 5.91 Å². The van der Waals surface area contributed by atoms with Crippen LogP contribution in [0.5, 0.6) is 0 Å². The topological polar surface area (TPSA) is 57.8 Å². The summed E-state index contributed by atoms with van der Waals surface area (Å²) in [6.45, 7) is 0.812. The van der Waals surface area contributed by atoms with Crippen LogP contribution in [-0.4, -0.2) is 22.4 Å². The Morgan fingerprint density at radius 1 is 1.20 bits per heavy atom. The lowest BCUT2D eigenvalue weighted by molar-refractivity contribution is -0.123. The first-order valence-electron chi connectivity index (χ1n) is 9.56. The summed E-state index contributed by atoms with van der Waals surface area (Å²) < 4.78 is 0. The Morgan fingerprint density at radius 2 is 2.00 bits per heavy atom. The SMILES string of the molecule is O=C(NCC1(Cc2ccccc2)CCCCC1)[C@@H]1C[C@H]1c1cnc[nH]1. The van der Waals surface area contributed by atoms with E-state index >= 15 is 0 Å². The molecule has 2 atom stereocenters. The number of aromatic amines is 1. The maximum Gasteiger partial charge on any atom is 0.223 e. The fraction of sp³-hybridized carbons (Fsp3) is 0.524. The van der Waals surface area contributed by atoms with Gasteiger partial charge in [-0.2, -0.15) is 0 Å². The van der Waals surface area contributed by atoms with Crippen molar-refractivity contribution in [3.63, 3.8) is 0 Å². The van der Waals surface area contributed by atoms with E-state index in [4.69, 9.17) is 0 Å². The zero-order valence-electron chi connectivity index (χ0n) is 14.7. The van der Waals surface area contributed by atoms with Crippen molar-refractivity contribution in [2.75, 3.05) is 6.54 Å². The monoisotopic (exact) mass is 337 g/mol. The quantitative estimate of drug-likeness (QED) is 0.842. The van der Waals surface area contributed by atoms with Crippen LogP contribution in [0.2, 0.25) is 0 Å². The smallest absolute Gasteiger partial charge is 0.223 e. The van der Waals surface area contributed by atoms with E-state index in [9.17, 15) is 4.79 Å². The summed E-state index contributed by atoms with van der Waals surface area (Å²) in [5.41, 5.74) is 2.71. The Labute approximate surface area is 149 Å². The van der Waals surface area contributed by atoms with Gasteiger partial charge in [0.15, 0.2) is 0 Å². The second-order valence-electron chi connectivity index (χ2n) is 7.90. The van der Waals surface area contributed by atoms with Crippen molar-refractivity contribution < 1.29 is 4.79 Å². The number of hydrogen-bond donors (Lipinski definition) is 2. The molecule has 1 aromatic carbocycles. The predicted octanol–water partition coefficient (Wildman–Crippen LogP) is 3.82. The summed E-state index contributed by atoms with van der Waals surface area (Å²) in [5.74, 6) is 0.675. The molecule has 1 aromatic heterocycles. The van der Waals surface area contributed by atoms with Crippen LogP contribution in [0.4, 0.5) is 0 Å². The van der Waals surface area contributed by atoms with Crippen LogP contribution in [0.15, 0.2) is 42.9 Å². The molecule has 2 aromatic rings. The Hall–Kier alpha value is -2.10. The van der Waals surface area contributed by atoms with Crippen LogP contribution < -0.4 is 5.32 Å². The summed E-state index contributed by atoms with van der Waals surface area (Å²) >= 11 is 0. The van der Waals surface area contributed by atoms with E-state index in [-0.39, 0.29) is 17.2 Å². The number of rotatable bonds is 6. The van der Waals surface area contributed by atoms with Gasteiger partial charge in [-0.3, -0.25) is 4.79 Å². The lowest BCUT2D eigenvalue weighted by Crippen LogP contribution is -2.41. The first-order chi connectivity index (χ1) is 12.3. The van der Waals surface area contributed by atoms with Crippen molar-refractivity contribution in [2.24, 2.45) is 11.3 Å². The van der Waals surface area contributed by atoms with Crippen LogP contribution in [0.1, 0.15) is 55.7 Å². The van der Waals surface area contributed by atoms with E-state index in [1.54, 1.807) is 6.33 Å². The summed E-state index contributed by atoms with van der Waals surface area (Å²) in [5, 5.41) is 3.29. The van der Waals surface area contributed by atoms with E-state index in [2.05, 4.69) is 45.6 Å². The average Bonchev–Trinajstić information content (AvgIpc) is 3.26. The summed E-state index contributed by atoms with van der Waals surface area (Å²) in [7, 11) is 0. The zero-order valence-corrected chi connectivity index (χ0v) is 14.7. The van der Waals surface area contributed by atoms with Gasteiger partial charge in [-0.15, -0.1) is 0 Å². The number of nitrogens with zero attached hydrogens (tertiary/aromatic N) is 1. The Kier molecular flexibility index (Phi) is 4.60. The Bertz CT molecular complexity index is 689. The highest BCUT2D eigenvalue weighted by Gasteiger charge is 2.45. The van der Waals surface area contributed by atoms with Gasteiger partial charge in [0.2, 0.25) is 5.91 Å². The molecule has 0 spiro atoms. The van der Waals surface area contributed by atoms with E-state index < -0.39 is 0 Å². The maximum absolute atomic E-state index is 12.6. The molecule has 0 radical (unpaired) electrons. The van der Waals surface area contributed by atoms with Gasteiger partial charge in [0, 0.05) is 30.3 Å². The molecule has 2 aliphatic carbocycles. The molecule has 132 valence electrons. The third-order valence-corrected chi connectivity index (χ3v) is 6.02. The molecule has 2 N–H and O–H groups in total. The normalized spacial score (nSPS) is 24.6. The third kappa shape index (κ3) is 3.78. The standard InChI is InChI=1S/C21H27N3O/c25-20(18-11-17(18)19-13-22-15-24-19)23-14-21(9-5-2-6-10-21)12-16-7-3-1-4-8-16/h1,3-4,7-8,13,15,17-18H,2,5-6,9-12,14H2,(H,22,24)(H,23,25)/t17-,18-/m1/s1. The second kappa shape index (κ2) is 7.03. The molecule has 25 heavy (non-hydrogen) atoms. The zero-order chi connectivity index (χ0) is 17.1. The third-order valence-electron chi connectivity index (χ3n) is 6.02. The van der Waals surface area contributed by atoms with Gasteiger partial charge >= 0.3 is 0 Å². The molecule has 2 aliphatic rings. The van der Waals surface area contributed by atoms with E-state index in [1.165, 1.54) is 37.7 Å². The van der Waals surface area contributed by atoms with Gasteiger partial charge in [-0.05, 0) is 36.7 Å². The molecule has 2 saturated carbocycles. The summed E-state index contributed by atoms with van der Waals surface area (Å²) in [6.07, 6.45) is 11.9. The fourth-order valence-corrected chi connectivity index (χ4v) is 4.45. The van der Waals surface area contributed by atoms with Crippen LogP contribution in [-0.2, 0) is 11.2 Å². The molecule has 4 heteroatoms. The minimum Gasteiger partial charge on any atom is -0.355 e. The van der Waals surface area contributed by atoms with Gasteiger partial charge in [0.25, 0.3) is 0 Å². The number of aromatic nitrogens is 2. The van der Waals surface area contributed by atoms with Crippen molar-refractivity contribution in [2.45, 2.75) is 50.9 Å². The van der Waals surface area contributed by atoms with Crippen molar-refractivity contribution in [3.8, 4) is 0 Å². The second-order valence-corrected chi connectivity index (χ2v) is 7.90. The van der Waals surface area contributed by atoms with Crippen molar-refractivity contribution in [3.05, 3.63) is 54.1 Å². The summed E-state index contributed by atoms with van der Waals surface area (Å²) in [6, 6.07) is 10.7. The highest BCUT2D eigenvalue weighted by Crippen LogP contribution is 2.47. The number of hydrogen-bond acceptors (Lipinski definition) is 2. The number of carbonyl (C=O) groups excluding carboxylic acids is 1. The van der Waals surface area contributed by atoms with E-state index in [0.29, 0.717) is 5.92 Å². The number of H-pyrrole nitrogens is 1. The van der Waals surface area contributed by atoms with Gasteiger partial charge < -0.3 is 10.3 Å². The molecular formula is C21H27N3O. The maximum atomic E-state index is 12.6. The lowest BCUT2D eigenvalue weighted by atomic mass is 9.70. The van der Waals surface area contributed by atoms with Gasteiger partial charge in [0.1, 0.15) is 0 Å². The number of imidazole rings is 1. The molecule has 0 unspecified atom stereocenters. The minimum atomic E-state index is 0.123. The molecule has 0 saturated heterocycles. The first-order valence-corrected chi connectivity index (χ1v) is 9.56. The van der Waals surface area contributed by atoms with E-state index in [0.717, 1.165) is 25.1 Å². The largest absolute Gasteiger partial charge is 0.355 e. The highest BCUT2D eigenvalue weighted by atomic mass is 16.2. The minimum absolute atomic E-state index is 0.123. The first kappa shape index (κ1) is 16.4. The fourth-order valence-electron chi connectivity index (χ4n) is 4.45. The Morgan fingerprint density at radius 3 is 2.72 bits per heavy atom. The van der Waals surface area contributed by atoms with Crippen LogP contribution >= 0.6 is 0 Å². The molecule has 0 bridgehead atoms. The number of benzene rings is 1. The molecule has 4 rings (SSSR count). The number of carbonyl (C=O) groups is 1. The van der Waals surface area contributed by atoms with Crippen LogP contribution in [0.25, 0.3) is 0 Å². The van der Waals surface area contributed by atoms with Crippen molar-refractivity contribution in [1.82, 2.24) is 15.3 Å². The number of amides is 1. The molecule has 1 heterocycles. The average molecular weight is 337 g/mol. The van der Waals surface area contributed by atoms with Gasteiger partial charge in [-0.25, -0.2) is 4.98 Å². The van der Waals surface area contributed by atoms with E-state index in [1.807, 2.05) is 6.20 Å². The van der Waals surface area contributed by atoms with Crippen molar-refractivity contribution in [1.29, 1.82) is 0 Å². The predicted molar refractivity (Wildman–Crippen MR) is 98.1 cm³/mol. The van der Waals surface area contributed by atoms with Crippen LogP contribution in [0.3, 0.4) is 0 Å². The highest BCUT2D eigenvalue weighted by molar-refractivity contribution is 5.82. The molecule has 2 fully saturated rings. The Balaban J connectivity index is 1.37. The number of nitrogens with one attached hydrogen (secondary N) is 2. The van der Waals surface area contributed by atoms with Gasteiger partial charge in [0.05, 0.1) is 6.33 Å². The van der Waals surface area contributed by atoms with Gasteiger partial charge in [-0.1, -0.05) is 49.6 Å².